The molecule has 0 saturated heterocycles. The lowest BCUT2D eigenvalue weighted by Gasteiger charge is -2.20. The smallest absolute Gasteiger partial charge is 0.407 e. The van der Waals surface area contributed by atoms with Crippen LogP contribution in [0.15, 0.2) is 0 Å². The van der Waals surface area contributed by atoms with Crippen LogP contribution in [0.3, 0.4) is 0 Å². The Morgan fingerprint density at radius 1 is 1.58 bits per heavy atom. The first-order valence-corrected chi connectivity index (χ1v) is 3.90. The van der Waals surface area contributed by atoms with Gasteiger partial charge >= 0.3 is 6.09 Å². The van der Waals surface area contributed by atoms with Crippen molar-refractivity contribution in [2.24, 2.45) is 0 Å². The third kappa shape index (κ3) is 5.95. The molecule has 0 fully saturated rings. The Hall–Kier alpha value is -0.800. The number of amides is 1. The molecule has 4 heteroatoms. The highest BCUT2D eigenvalue weighted by molar-refractivity contribution is 5.67. The fraction of sp³-hybridized carbons (Fsp3) is 0.875. The first-order chi connectivity index (χ1) is 5.35. The van der Waals surface area contributed by atoms with Crippen molar-refractivity contribution in [3.63, 3.8) is 0 Å². The highest BCUT2D eigenvalue weighted by Crippen LogP contribution is 2.06. The summed E-state index contributed by atoms with van der Waals surface area (Å²) < 4.78 is 16.8. The molecule has 0 rings (SSSR count). The predicted octanol–water partition coefficient (Wildman–Crippen LogP) is 1.87. The lowest BCUT2D eigenvalue weighted by atomic mass is 10.2. The van der Waals surface area contributed by atoms with Gasteiger partial charge in [-0.15, -0.1) is 0 Å². The van der Waals surface area contributed by atoms with Crippen LogP contribution in [-0.2, 0) is 4.74 Å². The van der Waals surface area contributed by atoms with Gasteiger partial charge in [-0.25, -0.2) is 9.18 Å². The van der Waals surface area contributed by atoms with Gasteiger partial charge in [0.25, 0.3) is 0 Å². The number of carbonyl (C=O) groups is 1. The second-order valence-electron chi connectivity index (χ2n) is 3.70. The summed E-state index contributed by atoms with van der Waals surface area (Å²) >= 11 is 0. The lowest BCUT2D eigenvalue weighted by molar-refractivity contribution is 0.0501. The van der Waals surface area contributed by atoms with Gasteiger partial charge in [0, 0.05) is 0 Å². The number of hydrogen-bond acceptors (Lipinski definition) is 2. The summed E-state index contributed by atoms with van der Waals surface area (Å²) in [7, 11) is 0. The minimum atomic E-state index is -0.584. The van der Waals surface area contributed by atoms with Crippen LogP contribution in [0, 0.1) is 0 Å². The largest absolute Gasteiger partial charge is 0.444 e. The average Bonchev–Trinajstić information content (AvgIpc) is 1.82. The van der Waals surface area contributed by atoms with Gasteiger partial charge in [-0.3, -0.25) is 0 Å². The number of nitrogens with one attached hydrogen (secondary N) is 1. The van der Waals surface area contributed by atoms with E-state index < -0.39 is 24.4 Å². The number of carbonyl (C=O) groups excluding carboxylic acids is 1. The Morgan fingerprint density at radius 3 is 2.42 bits per heavy atom. The van der Waals surface area contributed by atoms with Crippen LogP contribution >= 0.6 is 0 Å². The molecule has 1 N–H and O–H groups in total. The number of ether oxygens (including phenoxy) is 1. The molecule has 3 nitrogen and oxygen atoms in total. The molecule has 1 amide bonds. The maximum absolute atomic E-state index is 11.9. The first-order valence-electron chi connectivity index (χ1n) is 3.90. The van der Waals surface area contributed by atoms with Crippen LogP contribution in [0.2, 0.25) is 0 Å². The van der Waals surface area contributed by atoms with Crippen molar-refractivity contribution in [1.82, 2.24) is 5.32 Å². The van der Waals surface area contributed by atoms with E-state index in [0.29, 0.717) is 0 Å². The van der Waals surface area contributed by atoms with Gasteiger partial charge in [-0.2, -0.15) is 0 Å². The Morgan fingerprint density at radius 2 is 2.08 bits per heavy atom. The standard InChI is InChI=1S/C8H16FNO2/c1-6(5-9)10-7(11)12-8(2,3)4/h6H,5H2,1-4H3,(H,10,11). The van der Waals surface area contributed by atoms with E-state index in [9.17, 15) is 9.18 Å². The molecule has 0 heterocycles. The van der Waals surface area contributed by atoms with Gasteiger partial charge in [0.05, 0.1) is 6.04 Å². The van der Waals surface area contributed by atoms with Crippen LogP contribution < -0.4 is 5.32 Å². The molecular weight excluding hydrogens is 161 g/mol. The van der Waals surface area contributed by atoms with E-state index in [1.807, 2.05) is 0 Å². The molecule has 0 aliphatic rings. The summed E-state index contributed by atoms with van der Waals surface area (Å²) in [5.41, 5.74) is -0.528. The molecule has 0 aromatic rings. The Kier molecular flexibility index (Phi) is 4.00. The van der Waals surface area contributed by atoms with Gasteiger partial charge in [0.15, 0.2) is 0 Å². The molecule has 72 valence electrons. The minimum Gasteiger partial charge on any atom is -0.444 e. The topological polar surface area (TPSA) is 38.3 Å². The van der Waals surface area contributed by atoms with E-state index in [0.717, 1.165) is 0 Å². The van der Waals surface area contributed by atoms with Crippen LogP contribution in [0.25, 0.3) is 0 Å². The van der Waals surface area contributed by atoms with Crippen molar-refractivity contribution in [2.45, 2.75) is 39.3 Å². The fourth-order valence-corrected chi connectivity index (χ4v) is 0.547. The van der Waals surface area contributed by atoms with E-state index >= 15 is 0 Å². The van der Waals surface area contributed by atoms with Crippen LogP contribution in [0.4, 0.5) is 9.18 Å². The molecule has 0 aliphatic carbocycles. The summed E-state index contributed by atoms with van der Waals surface area (Å²) in [4.78, 5) is 10.9. The van der Waals surface area contributed by atoms with Crippen LogP contribution in [-0.4, -0.2) is 24.4 Å². The molecule has 0 aromatic carbocycles. The van der Waals surface area contributed by atoms with Crippen molar-refractivity contribution < 1.29 is 13.9 Å². The molecule has 0 aliphatic heterocycles. The maximum atomic E-state index is 11.9. The normalized spacial score (nSPS) is 13.8. The zero-order valence-electron chi connectivity index (χ0n) is 7.98. The summed E-state index contributed by atoms with van der Waals surface area (Å²) in [6, 6.07) is -0.486. The molecule has 0 spiro atoms. The highest BCUT2D eigenvalue weighted by atomic mass is 19.1. The Balaban J connectivity index is 3.75. The van der Waals surface area contributed by atoms with Crippen molar-refractivity contribution in [2.75, 3.05) is 6.67 Å². The molecule has 0 saturated carbocycles. The minimum absolute atomic E-state index is 0.486. The number of rotatable bonds is 2. The second-order valence-corrected chi connectivity index (χ2v) is 3.70. The highest BCUT2D eigenvalue weighted by Gasteiger charge is 2.17. The summed E-state index contributed by atoms with van der Waals surface area (Å²) in [6.45, 7) is 6.26. The number of halogens is 1. The Labute approximate surface area is 72.3 Å². The van der Waals surface area contributed by atoms with Crippen LogP contribution in [0.1, 0.15) is 27.7 Å². The molecule has 1 unspecified atom stereocenters. The molecule has 0 bridgehead atoms. The van der Waals surface area contributed by atoms with E-state index in [1.165, 1.54) is 0 Å². The van der Waals surface area contributed by atoms with Crippen molar-refractivity contribution in [1.29, 1.82) is 0 Å². The third-order valence-electron chi connectivity index (χ3n) is 0.995. The average molecular weight is 177 g/mol. The van der Waals surface area contributed by atoms with Gasteiger partial charge in [0.2, 0.25) is 0 Å². The molecule has 0 aromatic heterocycles. The van der Waals surface area contributed by atoms with E-state index in [4.69, 9.17) is 4.74 Å². The Bertz CT molecular complexity index is 154. The maximum Gasteiger partial charge on any atom is 0.407 e. The quantitative estimate of drug-likeness (QED) is 0.699. The predicted molar refractivity (Wildman–Crippen MR) is 44.8 cm³/mol. The summed E-state index contributed by atoms with van der Waals surface area (Å²) in [6.07, 6.45) is -0.576. The number of hydrogen-bond donors (Lipinski definition) is 1. The van der Waals surface area contributed by atoms with Crippen molar-refractivity contribution in [3.8, 4) is 0 Å². The van der Waals surface area contributed by atoms with Gasteiger partial charge < -0.3 is 10.1 Å². The third-order valence-corrected chi connectivity index (χ3v) is 0.995. The zero-order chi connectivity index (χ0) is 9.78. The van der Waals surface area contributed by atoms with E-state index in [2.05, 4.69) is 5.32 Å². The summed E-state index contributed by atoms with van der Waals surface area (Å²) in [5, 5.41) is 2.35. The fourth-order valence-electron chi connectivity index (χ4n) is 0.547. The van der Waals surface area contributed by atoms with Crippen molar-refractivity contribution in [3.05, 3.63) is 0 Å². The molecule has 0 radical (unpaired) electrons. The van der Waals surface area contributed by atoms with Gasteiger partial charge in [-0.05, 0) is 27.7 Å². The second kappa shape index (κ2) is 4.28. The molecule has 12 heavy (non-hydrogen) atoms. The SMILES string of the molecule is CC(CF)NC(=O)OC(C)(C)C. The first kappa shape index (κ1) is 11.2. The number of alkyl carbamates (subject to hydrolysis) is 1. The monoisotopic (exact) mass is 177 g/mol. The molecule has 1 atom stereocenters. The molecular formula is C8H16FNO2. The van der Waals surface area contributed by atoms with Crippen LogP contribution in [0.5, 0.6) is 0 Å². The van der Waals surface area contributed by atoms with E-state index in [-0.39, 0.29) is 0 Å². The van der Waals surface area contributed by atoms with E-state index in [1.54, 1.807) is 27.7 Å². The van der Waals surface area contributed by atoms with Gasteiger partial charge in [0.1, 0.15) is 12.3 Å². The van der Waals surface area contributed by atoms with Gasteiger partial charge in [-0.1, -0.05) is 0 Å². The zero-order valence-corrected chi connectivity index (χ0v) is 7.98. The number of alkyl halides is 1. The summed E-state index contributed by atoms with van der Waals surface area (Å²) in [5.74, 6) is 0. The lowest BCUT2D eigenvalue weighted by Crippen LogP contribution is -2.38. The van der Waals surface area contributed by atoms with Crippen molar-refractivity contribution >= 4 is 6.09 Å².